The monoisotopic (exact) mass is 527 g/mol. The van der Waals surface area contributed by atoms with E-state index in [-0.39, 0.29) is 35.3 Å². The van der Waals surface area contributed by atoms with Crippen molar-refractivity contribution in [3.63, 3.8) is 0 Å². The van der Waals surface area contributed by atoms with E-state index in [1.165, 1.54) is 11.8 Å². The van der Waals surface area contributed by atoms with Crippen LogP contribution in [0.15, 0.2) is 109 Å². The second kappa shape index (κ2) is 12.1. The van der Waals surface area contributed by atoms with Gasteiger partial charge in [0.2, 0.25) is 11.8 Å². The van der Waals surface area contributed by atoms with Crippen LogP contribution in [0.5, 0.6) is 5.75 Å². The van der Waals surface area contributed by atoms with Crippen molar-refractivity contribution in [2.24, 2.45) is 0 Å². The van der Waals surface area contributed by atoms with E-state index >= 15 is 0 Å². The van der Waals surface area contributed by atoms with Crippen LogP contribution in [0.4, 0.5) is 11.4 Å². The lowest BCUT2D eigenvalue weighted by molar-refractivity contribution is -0.384. The highest BCUT2D eigenvalue weighted by atomic mass is 32.2. The van der Waals surface area contributed by atoms with Gasteiger partial charge in [-0.1, -0.05) is 91.0 Å². The van der Waals surface area contributed by atoms with Crippen molar-refractivity contribution in [3.8, 4) is 5.75 Å². The van der Waals surface area contributed by atoms with Gasteiger partial charge in [-0.2, -0.15) is 0 Å². The molecule has 0 aliphatic heterocycles. The molecule has 192 valence electrons. The predicted molar refractivity (Wildman–Crippen MR) is 148 cm³/mol. The molecule has 4 rings (SSSR count). The van der Waals surface area contributed by atoms with Crippen LogP contribution in [-0.2, 0) is 14.3 Å². The van der Waals surface area contributed by atoms with Gasteiger partial charge in [0.15, 0.2) is 0 Å². The average Bonchev–Trinajstić information content (AvgIpc) is 2.95. The smallest absolute Gasteiger partial charge is 0.271 e. The van der Waals surface area contributed by atoms with Gasteiger partial charge in [0, 0.05) is 12.1 Å². The van der Waals surface area contributed by atoms with Gasteiger partial charge in [0.05, 0.1) is 27.7 Å². The van der Waals surface area contributed by atoms with Gasteiger partial charge in [-0.25, -0.2) is 0 Å². The van der Waals surface area contributed by atoms with Crippen molar-refractivity contribution >= 4 is 35.0 Å². The van der Waals surface area contributed by atoms with E-state index in [9.17, 15) is 24.8 Å². The first-order chi connectivity index (χ1) is 18.4. The van der Waals surface area contributed by atoms with Gasteiger partial charge >= 0.3 is 0 Å². The number of amides is 2. The molecule has 0 atom stereocenters. The fraction of sp³-hybridized carbons (Fsp3) is 0.103. The van der Waals surface area contributed by atoms with Gasteiger partial charge in [-0.3, -0.25) is 19.7 Å². The van der Waals surface area contributed by atoms with Crippen LogP contribution < -0.4 is 10.6 Å². The van der Waals surface area contributed by atoms with Crippen LogP contribution in [0.3, 0.4) is 0 Å². The Bertz CT molecular complexity index is 1320. The Balaban J connectivity index is 1.51. The zero-order chi connectivity index (χ0) is 27.0. The highest BCUT2D eigenvalue weighted by molar-refractivity contribution is 8.01. The topological polar surface area (TPSA) is 122 Å². The molecule has 4 aromatic carbocycles. The molecule has 0 aromatic heterocycles. The zero-order valence-corrected chi connectivity index (χ0v) is 21.1. The Morgan fingerprint density at radius 2 is 1.29 bits per heavy atom. The molecule has 0 bridgehead atoms. The van der Waals surface area contributed by atoms with Crippen LogP contribution in [0.25, 0.3) is 0 Å². The molecular formula is C29H25N3O5S. The van der Waals surface area contributed by atoms with Crippen molar-refractivity contribution in [2.75, 3.05) is 17.6 Å². The fourth-order valence-corrected chi connectivity index (χ4v) is 5.46. The molecule has 0 radical (unpaired) electrons. The lowest BCUT2D eigenvalue weighted by Gasteiger charge is -2.35. The highest BCUT2D eigenvalue weighted by Gasteiger charge is 2.37. The van der Waals surface area contributed by atoms with Crippen molar-refractivity contribution < 1.29 is 19.6 Å². The molecule has 0 aliphatic rings. The maximum absolute atomic E-state index is 12.9. The molecule has 4 aromatic rings. The highest BCUT2D eigenvalue weighted by Crippen LogP contribution is 2.48. The lowest BCUT2D eigenvalue weighted by atomic mass is 9.84. The Labute approximate surface area is 223 Å². The summed E-state index contributed by atoms with van der Waals surface area (Å²) in [5.74, 6) is -1.25. The van der Waals surface area contributed by atoms with Gasteiger partial charge in [0.25, 0.3) is 5.69 Å². The minimum Gasteiger partial charge on any atom is -0.506 e. The number of nitrogens with zero attached hydrogens (tertiary/aromatic N) is 1. The van der Waals surface area contributed by atoms with E-state index < -0.39 is 15.6 Å². The summed E-state index contributed by atoms with van der Waals surface area (Å²) in [5, 5.41) is 25.9. The van der Waals surface area contributed by atoms with E-state index in [0.717, 1.165) is 34.9 Å². The number of benzene rings is 4. The van der Waals surface area contributed by atoms with Crippen LogP contribution in [-0.4, -0.2) is 34.1 Å². The molecule has 0 heterocycles. The van der Waals surface area contributed by atoms with E-state index in [2.05, 4.69) is 10.6 Å². The summed E-state index contributed by atoms with van der Waals surface area (Å²) < 4.78 is -0.682. The first-order valence-electron chi connectivity index (χ1n) is 11.7. The molecule has 0 saturated carbocycles. The summed E-state index contributed by atoms with van der Waals surface area (Å²) in [5.41, 5.74) is 2.64. The van der Waals surface area contributed by atoms with Crippen LogP contribution >= 0.6 is 11.8 Å². The normalized spacial score (nSPS) is 10.9. The number of carbonyl (C=O) groups excluding carboxylic acids is 2. The first kappa shape index (κ1) is 26.4. The first-order valence-corrected chi connectivity index (χ1v) is 12.7. The number of nitrogens with one attached hydrogen (secondary N) is 2. The van der Waals surface area contributed by atoms with E-state index in [1.54, 1.807) is 0 Å². The Morgan fingerprint density at radius 1 is 0.789 bits per heavy atom. The zero-order valence-electron chi connectivity index (χ0n) is 20.2. The summed E-state index contributed by atoms with van der Waals surface area (Å²) >= 11 is 1.44. The number of phenolic OH excluding ortho intramolecular Hbond substituents is 1. The predicted octanol–water partition coefficient (Wildman–Crippen LogP) is 5.08. The molecule has 9 heteroatoms. The van der Waals surface area contributed by atoms with Crippen LogP contribution in [0, 0.1) is 10.1 Å². The molecule has 0 spiro atoms. The number of nitro groups is 1. The second-order valence-electron chi connectivity index (χ2n) is 8.35. The minimum absolute atomic E-state index is 0.0496. The van der Waals surface area contributed by atoms with Crippen LogP contribution in [0.1, 0.15) is 16.7 Å². The Morgan fingerprint density at radius 3 is 1.76 bits per heavy atom. The third-order valence-corrected chi connectivity index (χ3v) is 7.42. The summed E-state index contributed by atoms with van der Waals surface area (Å²) in [6.45, 7) is -0.365. The standard InChI is InChI=1S/C29H25N3O5S/c33-26-17-16-24(32(36)37)18-25(26)31-27(34)19-30-28(35)20-38-29(21-10-4-1-5-11-21,22-12-6-2-7-13-22)23-14-8-3-9-15-23/h1-18,33H,19-20H2,(H,30,35)(H,31,34). The molecule has 3 N–H and O–H groups in total. The Hall–Kier alpha value is -4.63. The number of hydrogen-bond acceptors (Lipinski definition) is 6. The maximum Gasteiger partial charge on any atom is 0.271 e. The molecule has 2 amide bonds. The summed E-state index contributed by atoms with van der Waals surface area (Å²) in [6, 6.07) is 33.1. The molecule has 38 heavy (non-hydrogen) atoms. The van der Waals surface area contributed by atoms with E-state index in [0.29, 0.717) is 0 Å². The maximum atomic E-state index is 12.9. The fourth-order valence-electron chi connectivity index (χ4n) is 4.10. The summed E-state index contributed by atoms with van der Waals surface area (Å²) in [4.78, 5) is 35.6. The number of anilines is 1. The van der Waals surface area contributed by atoms with Gasteiger partial charge in [-0.15, -0.1) is 11.8 Å². The number of non-ortho nitro benzene ring substituents is 1. The minimum atomic E-state index is -0.682. The second-order valence-corrected chi connectivity index (χ2v) is 9.54. The third-order valence-electron chi connectivity index (χ3n) is 5.87. The number of thioether (sulfide) groups is 1. The molecule has 8 nitrogen and oxygen atoms in total. The lowest BCUT2D eigenvalue weighted by Crippen LogP contribution is -2.35. The molecule has 0 aliphatic carbocycles. The SMILES string of the molecule is O=C(CSC(c1ccccc1)(c1ccccc1)c1ccccc1)NCC(=O)Nc1cc([N+](=O)[O-])ccc1O. The van der Waals surface area contributed by atoms with Crippen molar-refractivity contribution in [2.45, 2.75) is 4.75 Å². The quantitative estimate of drug-likeness (QED) is 0.114. The van der Waals surface area contributed by atoms with Gasteiger partial charge in [0.1, 0.15) is 5.75 Å². The number of carbonyl (C=O) groups is 2. The summed E-state index contributed by atoms with van der Waals surface area (Å²) in [6.07, 6.45) is 0. The number of hydrogen-bond donors (Lipinski definition) is 3. The number of aromatic hydroxyl groups is 1. The molecule has 0 unspecified atom stereocenters. The van der Waals surface area contributed by atoms with E-state index in [4.69, 9.17) is 0 Å². The molecular weight excluding hydrogens is 502 g/mol. The number of phenols is 1. The number of rotatable bonds is 10. The summed E-state index contributed by atoms with van der Waals surface area (Å²) in [7, 11) is 0. The third kappa shape index (κ3) is 6.01. The average molecular weight is 528 g/mol. The molecule has 0 saturated heterocycles. The van der Waals surface area contributed by atoms with Gasteiger partial charge in [-0.05, 0) is 22.8 Å². The van der Waals surface area contributed by atoms with Crippen molar-refractivity contribution in [1.29, 1.82) is 0 Å². The van der Waals surface area contributed by atoms with Crippen LogP contribution in [0.2, 0.25) is 0 Å². The molecule has 0 fully saturated rings. The Kier molecular flexibility index (Phi) is 8.40. The van der Waals surface area contributed by atoms with E-state index in [1.807, 2.05) is 91.0 Å². The van der Waals surface area contributed by atoms with Crippen molar-refractivity contribution in [1.82, 2.24) is 5.32 Å². The van der Waals surface area contributed by atoms with Crippen molar-refractivity contribution in [3.05, 3.63) is 136 Å². The largest absolute Gasteiger partial charge is 0.506 e. The van der Waals surface area contributed by atoms with Gasteiger partial charge < -0.3 is 15.7 Å². The number of nitro benzene ring substituents is 1.